The summed E-state index contributed by atoms with van der Waals surface area (Å²) in [6, 6.07) is 6.88. The molecule has 106 valence electrons. The minimum atomic E-state index is 0.439. The van der Waals surface area contributed by atoms with Crippen molar-refractivity contribution >= 4 is 11.3 Å². The van der Waals surface area contributed by atoms with Crippen molar-refractivity contribution in [3.8, 4) is 5.75 Å². The van der Waals surface area contributed by atoms with E-state index in [0.717, 1.165) is 24.4 Å². The van der Waals surface area contributed by atoms with Crippen molar-refractivity contribution in [2.45, 2.75) is 38.8 Å². The molecule has 20 heavy (non-hydrogen) atoms. The van der Waals surface area contributed by atoms with Gasteiger partial charge in [0.1, 0.15) is 10.8 Å². The molecule has 0 radical (unpaired) electrons. The van der Waals surface area contributed by atoms with Crippen LogP contribution in [0, 0.1) is 6.92 Å². The van der Waals surface area contributed by atoms with Gasteiger partial charge in [-0.3, -0.25) is 0 Å². The van der Waals surface area contributed by atoms with E-state index in [4.69, 9.17) is 4.74 Å². The summed E-state index contributed by atoms with van der Waals surface area (Å²) in [6.45, 7) is 2.90. The van der Waals surface area contributed by atoms with Crippen LogP contribution in [0.5, 0.6) is 5.75 Å². The van der Waals surface area contributed by atoms with Gasteiger partial charge in [-0.1, -0.05) is 6.07 Å². The number of ether oxygens (including phenoxy) is 1. The first-order valence-electron chi connectivity index (χ1n) is 7.07. The summed E-state index contributed by atoms with van der Waals surface area (Å²) in [5.41, 5.74) is 3.95. The highest BCUT2D eigenvalue weighted by Gasteiger charge is 2.20. The van der Waals surface area contributed by atoms with Crippen molar-refractivity contribution in [3.63, 3.8) is 0 Å². The van der Waals surface area contributed by atoms with Crippen LogP contribution >= 0.6 is 11.3 Å². The Kier molecular flexibility index (Phi) is 4.03. The number of nitrogens with one attached hydrogen (secondary N) is 1. The van der Waals surface area contributed by atoms with Gasteiger partial charge >= 0.3 is 0 Å². The zero-order valence-electron chi connectivity index (χ0n) is 12.0. The Labute approximate surface area is 124 Å². The van der Waals surface area contributed by atoms with Gasteiger partial charge in [-0.15, -0.1) is 11.3 Å². The van der Waals surface area contributed by atoms with E-state index in [-0.39, 0.29) is 0 Å². The highest BCUT2D eigenvalue weighted by molar-refractivity contribution is 7.09. The van der Waals surface area contributed by atoms with Crippen LogP contribution in [0.4, 0.5) is 0 Å². The number of methoxy groups -OCH3 is 1. The van der Waals surface area contributed by atoms with Crippen LogP contribution in [-0.4, -0.2) is 12.1 Å². The van der Waals surface area contributed by atoms with Crippen molar-refractivity contribution < 1.29 is 4.74 Å². The maximum Gasteiger partial charge on any atom is 0.119 e. The Morgan fingerprint density at radius 3 is 3.10 bits per heavy atom. The molecule has 1 aliphatic rings. The molecule has 1 unspecified atom stereocenters. The van der Waals surface area contributed by atoms with Gasteiger partial charge in [-0.05, 0) is 49.4 Å². The van der Waals surface area contributed by atoms with Gasteiger partial charge in [0.25, 0.3) is 0 Å². The molecule has 1 aliphatic carbocycles. The lowest BCUT2D eigenvalue weighted by atomic mass is 9.87. The zero-order valence-corrected chi connectivity index (χ0v) is 12.8. The fourth-order valence-corrected chi connectivity index (χ4v) is 3.55. The Hall–Kier alpha value is -1.39. The molecule has 0 amide bonds. The first-order chi connectivity index (χ1) is 9.76. The maximum absolute atomic E-state index is 5.32. The standard InChI is InChI=1S/C16H20N2OS/c1-11-10-20-16(18-11)9-17-15-5-3-4-12-8-13(19-2)6-7-14(12)15/h6-8,10,15,17H,3-5,9H2,1-2H3. The second-order valence-electron chi connectivity index (χ2n) is 5.27. The summed E-state index contributed by atoms with van der Waals surface area (Å²) in [4.78, 5) is 4.51. The summed E-state index contributed by atoms with van der Waals surface area (Å²) in [7, 11) is 1.73. The van der Waals surface area contributed by atoms with Gasteiger partial charge in [0, 0.05) is 23.7 Å². The summed E-state index contributed by atoms with van der Waals surface area (Å²) in [6.07, 6.45) is 3.58. The van der Waals surface area contributed by atoms with Crippen LogP contribution in [0.3, 0.4) is 0 Å². The molecule has 1 N–H and O–H groups in total. The number of rotatable bonds is 4. The van der Waals surface area contributed by atoms with Crippen LogP contribution in [0.25, 0.3) is 0 Å². The van der Waals surface area contributed by atoms with Crippen molar-refractivity contribution in [2.75, 3.05) is 7.11 Å². The minimum absolute atomic E-state index is 0.439. The van der Waals surface area contributed by atoms with Crippen LogP contribution in [0.15, 0.2) is 23.6 Å². The van der Waals surface area contributed by atoms with Gasteiger partial charge in [0.2, 0.25) is 0 Å². The topological polar surface area (TPSA) is 34.1 Å². The zero-order chi connectivity index (χ0) is 13.9. The largest absolute Gasteiger partial charge is 0.497 e. The number of benzene rings is 1. The second-order valence-corrected chi connectivity index (χ2v) is 6.22. The highest BCUT2D eigenvalue weighted by atomic mass is 32.1. The van der Waals surface area contributed by atoms with Crippen molar-refractivity contribution in [1.82, 2.24) is 10.3 Å². The first-order valence-corrected chi connectivity index (χ1v) is 7.95. The number of aryl methyl sites for hydroxylation is 2. The first kappa shape index (κ1) is 13.6. The normalized spacial score (nSPS) is 17.8. The molecule has 0 saturated heterocycles. The Morgan fingerprint density at radius 1 is 1.45 bits per heavy atom. The predicted octanol–water partition coefficient (Wildman–Crippen LogP) is 3.63. The molecule has 3 nitrogen and oxygen atoms in total. The fraction of sp³-hybridized carbons (Fsp3) is 0.438. The third-order valence-electron chi connectivity index (χ3n) is 3.83. The minimum Gasteiger partial charge on any atom is -0.497 e. The SMILES string of the molecule is COc1ccc2c(c1)CCCC2NCc1nc(C)cs1. The molecule has 1 aromatic heterocycles. The molecule has 0 fully saturated rings. The average molecular weight is 288 g/mol. The van der Waals surface area contributed by atoms with Gasteiger partial charge in [-0.2, -0.15) is 0 Å². The van der Waals surface area contributed by atoms with Gasteiger partial charge in [-0.25, -0.2) is 4.98 Å². The van der Waals surface area contributed by atoms with Crippen molar-refractivity contribution in [1.29, 1.82) is 0 Å². The smallest absolute Gasteiger partial charge is 0.119 e. The molecule has 0 aliphatic heterocycles. The number of nitrogens with zero attached hydrogens (tertiary/aromatic N) is 1. The van der Waals surface area contributed by atoms with Crippen LogP contribution < -0.4 is 10.1 Å². The Balaban J connectivity index is 1.73. The molecule has 1 heterocycles. The molecule has 0 spiro atoms. The van der Waals surface area contributed by atoms with E-state index in [9.17, 15) is 0 Å². The lowest BCUT2D eigenvalue weighted by Crippen LogP contribution is -2.24. The van der Waals surface area contributed by atoms with E-state index in [2.05, 4.69) is 33.9 Å². The van der Waals surface area contributed by atoms with Crippen LogP contribution in [0.1, 0.15) is 40.7 Å². The Bertz CT molecular complexity index is 594. The summed E-state index contributed by atoms with van der Waals surface area (Å²) < 4.78 is 5.32. The summed E-state index contributed by atoms with van der Waals surface area (Å²) >= 11 is 1.73. The number of thiazole rings is 1. The van der Waals surface area contributed by atoms with E-state index >= 15 is 0 Å². The lowest BCUT2D eigenvalue weighted by molar-refractivity contribution is 0.410. The molecule has 4 heteroatoms. The van der Waals surface area contributed by atoms with E-state index in [1.807, 2.05) is 6.92 Å². The second kappa shape index (κ2) is 5.94. The maximum atomic E-state index is 5.32. The van der Waals surface area contributed by atoms with E-state index in [0.29, 0.717) is 6.04 Å². The average Bonchev–Trinajstić information content (AvgIpc) is 2.90. The molecule has 0 saturated carbocycles. The summed E-state index contributed by atoms with van der Waals surface area (Å²) in [5.74, 6) is 0.958. The van der Waals surface area contributed by atoms with Crippen molar-refractivity contribution in [3.05, 3.63) is 45.4 Å². The van der Waals surface area contributed by atoms with E-state index in [1.165, 1.54) is 29.0 Å². The number of hydrogen-bond acceptors (Lipinski definition) is 4. The molecular formula is C16H20N2OS. The predicted molar refractivity (Wildman–Crippen MR) is 82.4 cm³/mol. The lowest BCUT2D eigenvalue weighted by Gasteiger charge is -2.26. The van der Waals surface area contributed by atoms with Gasteiger partial charge in [0.05, 0.1) is 7.11 Å². The number of hydrogen-bond donors (Lipinski definition) is 1. The molecule has 1 aromatic carbocycles. The van der Waals surface area contributed by atoms with Gasteiger partial charge < -0.3 is 10.1 Å². The quantitative estimate of drug-likeness (QED) is 0.933. The van der Waals surface area contributed by atoms with E-state index < -0.39 is 0 Å². The Morgan fingerprint density at radius 2 is 2.35 bits per heavy atom. The molecule has 2 aromatic rings. The van der Waals surface area contributed by atoms with Gasteiger partial charge in [0.15, 0.2) is 0 Å². The number of fused-ring (bicyclic) bond motifs is 1. The molecule has 1 atom stereocenters. The monoisotopic (exact) mass is 288 g/mol. The van der Waals surface area contributed by atoms with Crippen LogP contribution in [0.2, 0.25) is 0 Å². The van der Waals surface area contributed by atoms with E-state index in [1.54, 1.807) is 18.4 Å². The van der Waals surface area contributed by atoms with Crippen molar-refractivity contribution in [2.24, 2.45) is 0 Å². The third kappa shape index (κ3) is 2.86. The fourth-order valence-electron chi connectivity index (χ4n) is 2.82. The molecule has 3 rings (SSSR count). The molecular weight excluding hydrogens is 268 g/mol. The molecule has 0 bridgehead atoms. The number of aromatic nitrogens is 1. The summed E-state index contributed by atoms with van der Waals surface area (Å²) in [5, 5.41) is 6.93. The van der Waals surface area contributed by atoms with Crippen LogP contribution in [-0.2, 0) is 13.0 Å². The third-order valence-corrected chi connectivity index (χ3v) is 4.80. The highest BCUT2D eigenvalue weighted by Crippen LogP contribution is 2.32.